The van der Waals surface area contributed by atoms with Gasteiger partial charge in [0.05, 0.1) is 10.6 Å². The maximum atomic E-state index is 13.4. The predicted molar refractivity (Wildman–Crippen MR) is 115 cm³/mol. The highest BCUT2D eigenvalue weighted by molar-refractivity contribution is 7.92. The topological polar surface area (TPSA) is 78.8 Å². The molecule has 1 saturated carbocycles. The second-order valence-corrected chi connectivity index (χ2v) is 9.29. The molecule has 3 rings (SSSR count). The van der Waals surface area contributed by atoms with Gasteiger partial charge in [-0.1, -0.05) is 30.5 Å². The van der Waals surface area contributed by atoms with Crippen LogP contribution in [0, 0.1) is 12.7 Å². The van der Waals surface area contributed by atoms with Crippen molar-refractivity contribution in [2.24, 2.45) is 5.10 Å². The van der Waals surface area contributed by atoms with Crippen molar-refractivity contribution in [1.82, 2.24) is 5.43 Å². The lowest BCUT2D eigenvalue weighted by molar-refractivity contribution is -0.119. The zero-order valence-electron chi connectivity index (χ0n) is 17.0. The third-order valence-electron chi connectivity index (χ3n) is 5.03. The molecule has 1 fully saturated rings. The van der Waals surface area contributed by atoms with Crippen molar-refractivity contribution in [3.8, 4) is 0 Å². The highest BCUT2D eigenvalue weighted by Crippen LogP contribution is 2.24. The first-order chi connectivity index (χ1) is 14.4. The third-order valence-corrected chi connectivity index (χ3v) is 6.82. The van der Waals surface area contributed by atoms with Crippen molar-refractivity contribution in [3.63, 3.8) is 0 Å². The van der Waals surface area contributed by atoms with Crippen LogP contribution in [0.3, 0.4) is 0 Å². The van der Waals surface area contributed by atoms with E-state index in [9.17, 15) is 17.6 Å². The van der Waals surface area contributed by atoms with Gasteiger partial charge in [-0.05, 0) is 69.0 Å². The molecule has 2 aromatic carbocycles. The highest BCUT2D eigenvalue weighted by atomic mass is 32.2. The van der Waals surface area contributed by atoms with Crippen LogP contribution in [0.4, 0.5) is 10.1 Å². The molecule has 2 aromatic rings. The van der Waals surface area contributed by atoms with E-state index in [1.807, 2.05) is 6.92 Å². The summed E-state index contributed by atoms with van der Waals surface area (Å²) >= 11 is 0. The smallest absolute Gasteiger partial charge is 0.264 e. The van der Waals surface area contributed by atoms with Crippen LogP contribution in [0.1, 0.15) is 44.1 Å². The Kier molecular flexibility index (Phi) is 7.20. The van der Waals surface area contributed by atoms with Gasteiger partial charge in [-0.25, -0.2) is 18.2 Å². The number of aryl methyl sites for hydroxylation is 1. The lowest BCUT2D eigenvalue weighted by Crippen LogP contribution is -2.39. The maximum Gasteiger partial charge on any atom is 0.264 e. The minimum atomic E-state index is -4.03. The summed E-state index contributed by atoms with van der Waals surface area (Å²) in [6, 6.07) is 11.4. The summed E-state index contributed by atoms with van der Waals surface area (Å²) < 4.78 is 40.8. The Morgan fingerprint density at radius 2 is 1.60 bits per heavy atom. The Hall–Kier alpha value is -2.74. The summed E-state index contributed by atoms with van der Waals surface area (Å²) in [5.41, 5.74) is 4.54. The van der Waals surface area contributed by atoms with Crippen LogP contribution < -0.4 is 9.73 Å². The Bertz CT molecular complexity index is 993. The molecule has 30 heavy (non-hydrogen) atoms. The molecular weight excluding hydrogens is 405 g/mol. The predicted octanol–water partition coefficient (Wildman–Crippen LogP) is 4.16. The number of nitrogens with zero attached hydrogens (tertiary/aromatic N) is 2. The molecule has 0 atom stereocenters. The molecule has 160 valence electrons. The lowest BCUT2D eigenvalue weighted by atomic mass is 10.2. The number of hydrazone groups is 1. The summed E-state index contributed by atoms with van der Waals surface area (Å²) in [5, 5.41) is 4.21. The number of hydrogen-bond donors (Lipinski definition) is 1. The quantitative estimate of drug-likeness (QED) is 0.551. The van der Waals surface area contributed by atoms with Gasteiger partial charge < -0.3 is 0 Å². The number of halogens is 1. The van der Waals surface area contributed by atoms with Gasteiger partial charge in [0.15, 0.2) is 0 Å². The number of carbonyl (C=O) groups is 1. The van der Waals surface area contributed by atoms with Crippen LogP contribution in [-0.4, -0.2) is 26.6 Å². The van der Waals surface area contributed by atoms with Gasteiger partial charge in [0, 0.05) is 5.71 Å². The van der Waals surface area contributed by atoms with Gasteiger partial charge in [-0.15, -0.1) is 0 Å². The average molecular weight is 432 g/mol. The fraction of sp³-hybridized carbons (Fsp3) is 0.364. The Balaban J connectivity index is 1.84. The van der Waals surface area contributed by atoms with Crippen molar-refractivity contribution >= 4 is 27.3 Å². The van der Waals surface area contributed by atoms with Crippen LogP contribution in [0.25, 0.3) is 0 Å². The monoisotopic (exact) mass is 431 g/mol. The highest BCUT2D eigenvalue weighted by Gasteiger charge is 2.27. The first kappa shape index (κ1) is 22.0. The van der Waals surface area contributed by atoms with E-state index in [-0.39, 0.29) is 10.6 Å². The van der Waals surface area contributed by atoms with Gasteiger partial charge in [0.2, 0.25) is 0 Å². The molecule has 0 aliphatic heterocycles. The van der Waals surface area contributed by atoms with Gasteiger partial charge >= 0.3 is 0 Å². The van der Waals surface area contributed by atoms with Crippen LogP contribution in [0.2, 0.25) is 0 Å². The van der Waals surface area contributed by atoms with Gasteiger partial charge in [0.1, 0.15) is 12.4 Å². The zero-order chi connectivity index (χ0) is 21.6. The van der Waals surface area contributed by atoms with Gasteiger partial charge in [-0.2, -0.15) is 5.10 Å². The van der Waals surface area contributed by atoms with E-state index in [0.717, 1.165) is 66.2 Å². The SMILES string of the molecule is Cc1ccc(S(=O)(=O)N(CC(=O)NN=C2CCCCCC2)c2ccc(F)cc2)cc1. The molecule has 1 aliphatic carbocycles. The van der Waals surface area contributed by atoms with E-state index >= 15 is 0 Å². The van der Waals surface area contributed by atoms with E-state index in [0.29, 0.717) is 0 Å². The molecular formula is C22H26FN3O3S. The van der Waals surface area contributed by atoms with Crippen LogP contribution in [-0.2, 0) is 14.8 Å². The number of nitrogens with one attached hydrogen (secondary N) is 1. The molecule has 0 heterocycles. The third kappa shape index (κ3) is 5.66. The van der Waals surface area contributed by atoms with Crippen LogP contribution in [0.15, 0.2) is 58.5 Å². The number of sulfonamides is 1. The second-order valence-electron chi connectivity index (χ2n) is 7.43. The molecule has 1 aliphatic rings. The number of hydrogen-bond acceptors (Lipinski definition) is 4. The standard InChI is InChI=1S/C22H26FN3O3S/c1-17-8-14-21(15-9-17)30(28,29)26(20-12-10-18(23)11-13-20)16-22(27)25-24-19-6-4-2-3-5-7-19/h8-15H,2-7,16H2,1H3,(H,25,27). The van der Waals surface area contributed by atoms with E-state index in [4.69, 9.17) is 0 Å². The molecule has 1 N–H and O–H groups in total. The number of benzene rings is 2. The van der Waals surface area contributed by atoms with Crippen LogP contribution >= 0.6 is 0 Å². The minimum Gasteiger partial charge on any atom is -0.271 e. The molecule has 6 nitrogen and oxygen atoms in total. The van der Waals surface area contributed by atoms with Gasteiger partial charge in [-0.3, -0.25) is 9.10 Å². The molecule has 0 bridgehead atoms. The summed E-state index contributed by atoms with van der Waals surface area (Å²) in [7, 11) is -4.03. The average Bonchev–Trinajstić information content (AvgIpc) is 3.00. The molecule has 0 saturated heterocycles. The van der Waals surface area contributed by atoms with Crippen molar-refractivity contribution < 1.29 is 17.6 Å². The van der Waals surface area contributed by atoms with Crippen molar-refractivity contribution in [1.29, 1.82) is 0 Å². The molecule has 1 amide bonds. The summed E-state index contributed by atoms with van der Waals surface area (Å²) in [4.78, 5) is 12.6. The minimum absolute atomic E-state index is 0.0558. The number of rotatable bonds is 6. The largest absolute Gasteiger partial charge is 0.271 e. The summed E-state index contributed by atoms with van der Waals surface area (Å²) in [6.45, 7) is 1.40. The first-order valence-corrected chi connectivity index (χ1v) is 11.5. The molecule has 0 aromatic heterocycles. The number of carbonyl (C=O) groups excluding carboxylic acids is 1. The first-order valence-electron chi connectivity index (χ1n) is 10.1. The van der Waals surface area contributed by atoms with E-state index in [2.05, 4.69) is 10.5 Å². The lowest BCUT2D eigenvalue weighted by Gasteiger charge is -2.23. The van der Waals surface area contributed by atoms with E-state index in [1.165, 1.54) is 24.3 Å². The van der Waals surface area contributed by atoms with Crippen molar-refractivity contribution in [2.75, 3.05) is 10.8 Å². The van der Waals surface area contributed by atoms with E-state index in [1.54, 1.807) is 12.1 Å². The Morgan fingerprint density at radius 1 is 1.00 bits per heavy atom. The molecule has 0 radical (unpaired) electrons. The zero-order valence-corrected chi connectivity index (χ0v) is 17.8. The molecule has 0 unspecified atom stereocenters. The summed E-state index contributed by atoms with van der Waals surface area (Å²) in [6.07, 6.45) is 6.06. The van der Waals surface area contributed by atoms with Gasteiger partial charge in [0.25, 0.3) is 15.9 Å². The molecule has 0 spiro atoms. The second kappa shape index (κ2) is 9.84. The molecule has 8 heteroatoms. The Labute approximate surface area is 176 Å². The van der Waals surface area contributed by atoms with Crippen molar-refractivity contribution in [3.05, 3.63) is 59.9 Å². The number of anilines is 1. The van der Waals surface area contributed by atoms with Crippen molar-refractivity contribution in [2.45, 2.75) is 50.3 Å². The van der Waals surface area contributed by atoms with E-state index < -0.39 is 28.3 Å². The Morgan fingerprint density at radius 3 is 2.20 bits per heavy atom. The summed E-state index contributed by atoms with van der Waals surface area (Å²) in [5.74, 6) is -1.04. The normalized spacial score (nSPS) is 14.7. The van der Waals surface area contributed by atoms with Crippen LogP contribution in [0.5, 0.6) is 0 Å². The number of amides is 1. The maximum absolute atomic E-state index is 13.4. The fourth-order valence-corrected chi connectivity index (χ4v) is 4.74. The fourth-order valence-electron chi connectivity index (χ4n) is 3.32.